The predicted molar refractivity (Wildman–Crippen MR) is 154 cm³/mol. The summed E-state index contributed by atoms with van der Waals surface area (Å²) in [6.07, 6.45) is 3.69. The van der Waals surface area contributed by atoms with Crippen molar-refractivity contribution in [3.05, 3.63) is 94.2 Å². The minimum atomic E-state index is -4.30. The van der Waals surface area contributed by atoms with Crippen molar-refractivity contribution < 1.29 is 22.4 Å². The Bertz CT molecular complexity index is 1470. The van der Waals surface area contributed by atoms with Crippen LogP contribution in [0.15, 0.2) is 77.7 Å². The molecule has 0 radical (unpaired) electrons. The number of halogens is 3. The summed E-state index contributed by atoms with van der Waals surface area (Å²) in [4.78, 5) is 28.3. The van der Waals surface area contributed by atoms with Crippen molar-refractivity contribution >= 4 is 50.7 Å². The zero-order chi connectivity index (χ0) is 28.9. The van der Waals surface area contributed by atoms with Crippen LogP contribution in [-0.4, -0.2) is 43.8 Å². The smallest absolute Gasteiger partial charge is 0.264 e. The minimum absolute atomic E-state index is 0.000251. The van der Waals surface area contributed by atoms with Gasteiger partial charge >= 0.3 is 0 Å². The first-order valence-electron chi connectivity index (χ1n) is 12.9. The van der Waals surface area contributed by atoms with E-state index in [4.69, 9.17) is 23.2 Å². The molecule has 0 bridgehead atoms. The van der Waals surface area contributed by atoms with Gasteiger partial charge in [0.2, 0.25) is 11.8 Å². The Morgan fingerprint density at radius 3 is 2.30 bits per heavy atom. The lowest BCUT2D eigenvalue weighted by molar-refractivity contribution is -0.139. The molecule has 1 fully saturated rings. The van der Waals surface area contributed by atoms with Gasteiger partial charge < -0.3 is 10.2 Å². The summed E-state index contributed by atoms with van der Waals surface area (Å²) in [6.45, 7) is 0.603. The Hall–Kier alpha value is -3.14. The van der Waals surface area contributed by atoms with E-state index in [0.717, 1.165) is 30.0 Å². The molecule has 0 spiro atoms. The Labute approximate surface area is 243 Å². The fraction of sp³-hybridized carbons (Fsp3) is 0.310. The number of nitrogens with one attached hydrogen (secondary N) is 1. The molecule has 3 aromatic carbocycles. The Morgan fingerprint density at radius 2 is 1.62 bits per heavy atom. The SMILES string of the molecule is CC(C(=O)NC1CCCC1)N(Cc1ccccc1F)C(=O)CN(c1cccc(Cl)c1Cl)S(=O)(=O)c1ccccc1. The first-order valence-corrected chi connectivity index (χ1v) is 15.1. The molecule has 2 amide bonds. The number of hydrogen-bond acceptors (Lipinski definition) is 4. The van der Waals surface area contributed by atoms with Crippen LogP contribution in [0.2, 0.25) is 10.0 Å². The van der Waals surface area contributed by atoms with E-state index in [2.05, 4.69) is 5.32 Å². The molecule has 0 aliphatic heterocycles. The summed E-state index contributed by atoms with van der Waals surface area (Å²) in [5.74, 6) is -1.65. The molecule has 1 atom stereocenters. The van der Waals surface area contributed by atoms with Gasteiger partial charge in [-0.3, -0.25) is 13.9 Å². The molecule has 1 saturated carbocycles. The van der Waals surface area contributed by atoms with Crippen molar-refractivity contribution in [2.24, 2.45) is 0 Å². The zero-order valence-electron chi connectivity index (χ0n) is 21.9. The molecule has 212 valence electrons. The maximum atomic E-state index is 14.7. The van der Waals surface area contributed by atoms with E-state index in [0.29, 0.717) is 0 Å². The van der Waals surface area contributed by atoms with Crippen molar-refractivity contribution in [3.63, 3.8) is 0 Å². The molecule has 1 aliphatic carbocycles. The van der Waals surface area contributed by atoms with E-state index in [9.17, 15) is 22.4 Å². The van der Waals surface area contributed by atoms with Gasteiger partial charge in [0, 0.05) is 18.2 Å². The van der Waals surface area contributed by atoms with Crippen molar-refractivity contribution in [1.82, 2.24) is 10.2 Å². The number of sulfonamides is 1. The molecule has 0 aromatic heterocycles. The molecule has 40 heavy (non-hydrogen) atoms. The van der Waals surface area contributed by atoms with Crippen LogP contribution in [0.1, 0.15) is 38.2 Å². The highest BCUT2D eigenvalue weighted by Gasteiger charge is 2.34. The van der Waals surface area contributed by atoms with Crippen LogP contribution in [-0.2, 0) is 26.2 Å². The van der Waals surface area contributed by atoms with E-state index in [1.807, 2.05) is 0 Å². The summed E-state index contributed by atoms with van der Waals surface area (Å²) < 4.78 is 43.2. The lowest BCUT2D eigenvalue weighted by Gasteiger charge is -2.32. The molecular weight excluding hydrogens is 576 g/mol. The van der Waals surface area contributed by atoms with Gasteiger partial charge in [-0.25, -0.2) is 12.8 Å². The van der Waals surface area contributed by atoms with Gasteiger partial charge in [-0.05, 0) is 50.1 Å². The number of benzene rings is 3. The third-order valence-corrected chi connectivity index (χ3v) is 9.56. The Kier molecular flexibility index (Phi) is 9.71. The lowest BCUT2D eigenvalue weighted by Crippen LogP contribution is -2.52. The number of anilines is 1. The molecule has 0 saturated heterocycles. The first kappa shape index (κ1) is 29.8. The topological polar surface area (TPSA) is 86.8 Å². The second-order valence-corrected chi connectivity index (χ2v) is 12.3. The summed E-state index contributed by atoms with van der Waals surface area (Å²) in [5, 5.41) is 3.03. The number of carbonyl (C=O) groups excluding carboxylic acids is 2. The predicted octanol–water partition coefficient (Wildman–Crippen LogP) is 5.80. The van der Waals surface area contributed by atoms with Gasteiger partial charge in [0.25, 0.3) is 10.0 Å². The van der Waals surface area contributed by atoms with E-state index < -0.39 is 40.2 Å². The quantitative estimate of drug-likeness (QED) is 0.316. The Balaban J connectivity index is 1.72. The fourth-order valence-corrected chi connectivity index (χ4v) is 6.60. The molecule has 1 unspecified atom stereocenters. The van der Waals surface area contributed by atoms with Crippen LogP contribution in [0.4, 0.5) is 10.1 Å². The maximum Gasteiger partial charge on any atom is 0.264 e. The molecule has 3 aromatic rings. The van der Waals surface area contributed by atoms with Gasteiger partial charge in [0.15, 0.2) is 0 Å². The van der Waals surface area contributed by atoms with Crippen molar-refractivity contribution in [1.29, 1.82) is 0 Å². The van der Waals surface area contributed by atoms with Crippen LogP contribution in [0.5, 0.6) is 0 Å². The third kappa shape index (κ3) is 6.77. The van der Waals surface area contributed by atoms with Crippen molar-refractivity contribution in [3.8, 4) is 0 Å². The van der Waals surface area contributed by atoms with Crippen molar-refractivity contribution in [2.45, 2.75) is 56.1 Å². The molecule has 11 heteroatoms. The minimum Gasteiger partial charge on any atom is -0.352 e. The van der Waals surface area contributed by atoms with E-state index >= 15 is 0 Å². The summed E-state index contributed by atoms with van der Waals surface area (Å²) in [5.41, 5.74) is 0.190. The normalized spacial score (nSPS) is 14.5. The standard InChI is InChI=1S/C29H30Cl2FN3O4S/c1-20(29(37)33-22-11-6-7-12-22)34(18-21-10-5-8-16-25(21)32)27(36)19-35(26-17-9-15-24(30)28(26)31)40(38,39)23-13-3-2-4-14-23/h2-5,8-10,13-17,20,22H,6-7,11-12,18-19H2,1H3,(H,33,37). The van der Waals surface area contributed by atoms with E-state index in [1.54, 1.807) is 31.2 Å². The highest BCUT2D eigenvalue weighted by molar-refractivity contribution is 7.92. The average Bonchev–Trinajstić information content (AvgIpc) is 3.46. The van der Waals surface area contributed by atoms with Gasteiger partial charge in [0.1, 0.15) is 18.4 Å². The van der Waals surface area contributed by atoms with Gasteiger partial charge in [-0.15, -0.1) is 0 Å². The summed E-state index contributed by atoms with van der Waals surface area (Å²) >= 11 is 12.6. The average molecular weight is 607 g/mol. The zero-order valence-corrected chi connectivity index (χ0v) is 24.2. The van der Waals surface area contributed by atoms with Crippen LogP contribution in [0.25, 0.3) is 0 Å². The number of nitrogens with zero attached hydrogens (tertiary/aromatic N) is 2. The number of amides is 2. The summed E-state index contributed by atoms with van der Waals surface area (Å²) in [7, 11) is -4.30. The van der Waals surface area contributed by atoms with Crippen LogP contribution >= 0.6 is 23.2 Å². The molecule has 0 heterocycles. The van der Waals surface area contributed by atoms with E-state index in [1.165, 1.54) is 53.4 Å². The number of rotatable bonds is 10. The highest BCUT2D eigenvalue weighted by Crippen LogP contribution is 2.35. The number of hydrogen-bond donors (Lipinski definition) is 1. The van der Waals surface area contributed by atoms with Crippen molar-refractivity contribution in [2.75, 3.05) is 10.8 Å². The highest BCUT2D eigenvalue weighted by atomic mass is 35.5. The lowest BCUT2D eigenvalue weighted by atomic mass is 10.1. The number of carbonyl (C=O) groups is 2. The largest absolute Gasteiger partial charge is 0.352 e. The monoisotopic (exact) mass is 605 g/mol. The molecule has 7 nitrogen and oxygen atoms in total. The molecule has 1 aliphatic rings. The Morgan fingerprint density at radius 1 is 0.975 bits per heavy atom. The van der Waals surface area contributed by atoms with Crippen LogP contribution in [0.3, 0.4) is 0 Å². The maximum absolute atomic E-state index is 14.7. The molecule has 1 N–H and O–H groups in total. The molecular formula is C29H30Cl2FN3O4S. The van der Waals surface area contributed by atoms with Gasteiger partial charge in [0.05, 0.1) is 20.6 Å². The summed E-state index contributed by atoms with van der Waals surface area (Å²) in [6, 6.07) is 17.0. The third-order valence-electron chi connectivity index (χ3n) is 6.98. The first-order chi connectivity index (χ1) is 19.1. The second kappa shape index (κ2) is 13.0. The fourth-order valence-electron chi connectivity index (χ4n) is 4.70. The van der Waals surface area contributed by atoms with E-state index in [-0.39, 0.29) is 38.8 Å². The van der Waals surface area contributed by atoms with Gasteiger partial charge in [-0.2, -0.15) is 0 Å². The van der Waals surface area contributed by atoms with Gasteiger partial charge in [-0.1, -0.05) is 78.5 Å². The van der Waals surface area contributed by atoms with Crippen LogP contribution in [0, 0.1) is 5.82 Å². The second-order valence-electron chi connectivity index (χ2n) is 9.68. The molecule has 4 rings (SSSR count). The van der Waals surface area contributed by atoms with Crippen LogP contribution < -0.4 is 9.62 Å².